The van der Waals surface area contributed by atoms with Crippen LogP contribution in [-0.2, 0) is 13.1 Å². The van der Waals surface area contributed by atoms with Crippen molar-refractivity contribution < 1.29 is 4.74 Å². The van der Waals surface area contributed by atoms with E-state index in [0.717, 1.165) is 25.4 Å². The normalized spacial score (nSPS) is 12.3. The quantitative estimate of drug-likeness (QED) is 0.512. The number of benzene rings is 3. The third kappa shape index (κ3) is 6.52. The number of hydrogen-bond donors (Lipinski definition) is 0. The molecule has 0 fully saturated rings. The van der Waals surface area contributed by atoms with Gasteiger partial charge in [-0.1, -0.05) is 78.9 Å². The predicted molar refractivity (Wildman–Crippen MR) is 116 cm³/mol. The van der Waals surface area contributed by atoms with Crippen molar-refractivity contribution in [3.05, 3.63) is 102 Å². The molecule has 3 rings (SSSR count). The molecule has 3 aromatic rings. The van der Waals surface area contributed by atoms with Crippen molar-refractivity contribution >= 4 is 0 Å². The summed E-state index contributed by atoms with van der Waals surface area (Å²) in [5, 5.41) is 0. The summed E-state index contributed by atoms with van der Waals surface area (Å²) in [5.41, 5.74) is 2.64. The Labute approximate surface area is 169 Å². The lowest BCUT2D eigenvalue weighted by Crippen LogP contribution is -2.45. The van der Waals surface area contributed by atoms with E-state index >= 15 is 0 Å². The second kappa shape index (κ2) is 10.6. The van der Waals surface area contributed by atoms with Crippen LogP contribution in [0, 0.1) is 0 Å². The summed E-state index contributed by atoms with van der Waals surface area (Å²) >= 11 is 0. The summed E-state index contributed by atoms with van der Waals surface area (Å²) in [7, 11) is 4.25. The van der Waals surface area contributed by atoms with Crippen LogP contribution in [0.2, 0.25) is 0 Å². The maximum Gasteiger partial charge on any atom is 0.119 e. The van der Waals surface area contributed by atoms with Gasteiger partial charge in [-0.3, -0.25) is 4.90 Å². The van der Waals surface area contributed by atoms with Crippen molar-refractivity contribution in [1.82, 2.24) is 9.80 Å². The summed E-state index contributed by atoms with van der Waals surface area (Å²) < 4.78 is 6.16. The van der Waals surface area contributed by atoms with Crippen LogP contribution >= 0.6 is 0 Å². The molecule has 28 heavy (non-hydrogen) atoms. The van der Waals surface area contributed by atoms with E-state index < -0.39 is 0 Å². The standard InChI is InChI=1S/C25H30N2O/c1-26(2)20-24(21-28-25-16-10-5-11-17-25)27(18-22-12-6-3-7-13-22)19-23-14-8-4-9-15-23/h3-17,24H,18-21H2,1-2H3. The van der Waals surface area contributed by atoms with Crippen molar-refractivity contribution in [1.29, 1.82) is 0 Å². The number of likely N-dealkylation sites (N-methyl/N-ethyl adjacent to an activating group) is 1. The van der Waals surface area contributed by atoms with Crippen molar-refractivity contribution in [2.75, 3.05) is 27.2 Å². The lowest BCUT2D eigenvalue weighted by atomic mass is 10.1. The van der Waals surface area contributed by atoms with Gasteiger partial charge in [0.2, 0.25) is 0 Å². The summed E-state index contributed by atoms with van der Waals surface area (Å²) in [6, 6.07) is 31.7. The van der Waals surface area contributed by atoms with Gasteiger partial charge in [0.25, 0.3) is 0 Å². The van der Waals surface area contributed by atoms with E-state index in [2.05, 4.69) is 84.6 Å². The molecule has 0 aliphatic carbocycles. The SMILES string of the molecule is CN(C)CC(COc1ccccc1)N(Cc1ccccc1)Cc1ccccc1. The van der Waals surface area contributed by atoms with Crippen molar-refractivity contribution in [3.8, 4) is 5.75 Å². The molecule has 1 atom stereocenters. The van der Waals surface area contributed by atoms with Crippen LogP contribution in [0.4, 0.5) is 0 Å². The minimum atomic E-state index is 0.274. The molecule has 0 radical (unpaired) electrons. The first-order chi connectivity index (χ1) is 13.7. The molecule has 0 aromatic heterocycles. The molecule has 3 heteroatoms. The molecule has 0 bridgehead atoms. The Morgan fingerprint density at radius 3 is 1.61 bits per heavy atom. The average Bonchev–Trinajstić information content (AvgIpc) is 2.73. The fourth-order valence-corrected chi connectivity index (χ4v) is 3.35. The fraction of sp³-hybridized carbons (Fsp3) is 0.280. The molecule has 0 saturated carbocycles. The zero-order valence-electron chi connectivity index (χ0n) is 16.9. The molecule has 0 spiro atoms. The molecule has 0 saturated heterocycles. The summed E-state index contributed by atoms with van der Waals surface area (Å²) in [6.07, 6.45) is 0. The van der Waals surface area contributed by atoms with Gasteiger partial charge in [0.05, 0.1) is 6.04 Å². The fourth-order valence-electron chi connectivity index (χ4n) is 3.35. The second-order valence-electron chi connectivity index (χ2n) is 7.42. The molecule has 146 valence electrons. The maximum atomic E-state index is 6.16. The smallest absolute Gasteiger partial charge is 0.119 e. The molecular formula is C25H30N2O. The zero-order valence-corrected chi connectivity index (χ0v) is 16.9. The van der Waals surface area contributed by atoms with Crippen molar-refractivity contribution in [3.63, 3.8) is 0 Å². The van der Waals surface area contributed by atoms with E-state index in [1.807, 2.05) is 30.3 Å². The van der Waals surface area contributed by atoms with Gasteiger partial charge in [-0.25, -0.2) is 0 Å². The van der Waals surface area contributed by atoms with Gasteiger partial charge in [0, 0.05) is 19.6 Å². The van der Waals surface area contributed by atoms with Crippen LogP contribution in [0.15, 0.2) is 91.0 Å². The Bertz CT molecular complexity index is 749. The molecule has 0 aliphatic rings. The Balaban J connectivity index is 1.79. The Morgan fingerprint density at radius 1 is 0.679 bits per heavy atom. The highest BCUT2D eigenvalue weighted by atomic mass is 16.5. The summed E-state index contributed by atoms with van der Waals surface area (Å²) in [4.78, 5) is 4.76. The topological polar surface area (TPSA) is 15.7 Å². The first kappa shape index (κ1) is 20.1. The van der Waals surface area contributed by atoms with E-state index in [1.165, 1.54) is 11.1 Å². The Morgan fingerprint density at radius 2 is 1.14 bits per heavy atom. The van der Waals surface area contributed by atoms with Gasteiger partial charge in [0.15, 0.2) is 0 Å². The molecule has 1 unspecified atom stereocenters. The van der Waals surface area contributed by atoms with Crippen molar-refractivity contribution in [2.24, 2.45) is 0 Å². The lowest BCUT2D eigenvalue weighted by Gasteiger charge is -2.33. The monoisotopic (exact) mass is 374 g/mol. The van der Waals surface area contributed by atoms with Crippen LogP contribution in [-0.4, -0.2) is 43.1 Å². The van der Waals surface area contributed by atoms with Crippen LogP contribution in [0.3, 0.4) is 0 Å². The van der Waals surface area contributed by atoms with Crippen LogP contribution < -0.4 is 4.74 Å². The van der Waals surface area contributed by atoms with Crippen LogP contribution in [0.1, 0.15) is 11.1 Å². The van der Waals surface area contributed by atoms with Gasteiger partial charge >= 0.3 is 0 Å². The van der Waals surface area contributed by atoms with E-state index in [0.29, 0.717) is 6.61 Å². The first-order valence-corrected chi connectivity index (χ1v) is 9.85. The minimum absolute atomic E-state index is 0.274. The predicted octanol–water partition coefficient (Wildman–Crippen LogP) is 4.70. The Kier molecular flexibility index (Phi) is 7.65. The van der Waals surface area contributed by atoms with E-state index in [1.54, 1.807) is 0 Å². The Hall–Kier alpha value is -2.62. The number of nitrogens with zero attached hydrogens (tertiary/aromatic N) is 2. The lowest BCUT2D eigenvalue weighted by molar-refractivity contribution is 0.0981. The molecule has 0 aliphatic heterocycles. The summed E-state index contributed by atoms with van der Waals surface area (Å²) in [5.74, 6) is 0.922. The minimum Gasteiger partial charge on any atom is -0.492 e. The second-order valence-corrected chi connectivity index (χ2v) is 7.42. The number of para-hydroxylation sites is 1. The summed E-state index contributed by atoms with van der Waals surface area (Å²) in [6.45, 7) is 3.38. The van der Waals surface area contributed by atoms with E-state index in [9.17, 15) is 0 Å². The highest BCUT2D eigenvalue weighted by Crippen LogP contribution is 2.16. The molecule has 0 amide bonds. The molecule has 3 aromatic carbocycles. The van der Waals surface area contributed by atoms with Gasteiger partial charge in [-0.2, -0.15) is 0 Å². The third-order valence-electron chi connectivity index (χ3n) is 4.73. The van der Waals surface area contributed by atoms with Gasteiger partial charge < -0.3 is 9.64 Å². The van der Waals surface area contributed by atoms with E-state index in [-0.39, 0.29) is 6.04 Å². The molecule has 0 heterocycles. The maximum absolute atomic E-state index is 6.16. The molecular weight excluding hydrogens is 344 g/mol. The zero-order chi connectivity index (χ0) is 19.6. The number of ether oxygens (including phenoxy) is 1. The number of hydrogen-bond acceptors (Lipinski definition) is 3. The van der Waals surface area contributed by atoms with Gasteiger partial charge in [0.1, 0.15) is 12.4 Å². The number of rotatable bonds is 10. The highest BCUT2D eigenvalue weighted by molar-refractivity contribution is 5.21. The van der Waals surface area contributed by atoms with Gasteiger partial charge in [-0.15, -0.1) is 0 Å². The van der Waals surface area contributed by atoms with Gasteiger partial charge in [-0.05, 0) is 37.4 Å². The van der Waals surface area contributed by atoms with Crippen molar-refractivity contribution in [2.45, 2.75) is 19.1 Å². The first-order valence-electron chi connectivity index (χ1n) is 9.85. The molecule has 3 nitrogen and oxygen atoms in total. The largest absolute Gasteiger partial charge is 0.492 e. The average molecular weight is 375 g/mol. The highest BCUT2D eigenvalue weighted by Gasteiger charge is 2.21. The van der Waals surface area contributed by atoms with E-state index in [4.69, 9.17) is 4.74 Å². The third-order valence-corrected chi connectivity index (χ3v) is 4.73. The van der Waals surface area contributed by atoms with Crippen LogP contribution in [0.5, 0.6) is 5.75 Å². The molecule has 0 N–H and O–H groups in total. The van der Waals surface area contributed by atoms with Crippen LogP contribution in [0.25, 0.3) is 0 Å².